The molecule has 0 bridgehead atoms. The van der Waals surface area contributed by atoms with Crippen molar-refractivity contribution in [2.75, 3.05) is 0 Å². The van der Waals surface area contributed by atoms with Crippen LogP contribution in [0.25, 0.3) is 22.0 Å². The summed E-state index contributed by atoms with van der Waals surface area (Å²) in [7, 11) is 1.97. The summed E-state index contributed by atoms with van der Waals surface area (Å²) in [6.45, 7) is 0. The van der Waals surface area contributed by atoms with Crippen LogP contribution in [0.3, 0.4) is 0 Å². The molecule has 0 radical (unpaired) electrons. The van der Waals surface area contributed by atoms with Crippen molar-refractivity contribution >= 4 is 22.8 Å². The van der Waals surface area contributed by atoms with Crippen LogP contribution < -0.4 is 0 Å². The molecule has 0 saturated heterocycles. The molecule has 1 saturated carbocycles. The second-order valence-corrected chi connectivity index (χ2v) is 7.52. The Hall–Kier alpha value is -2.82. The van der Waals surface area contributed by atoms with Crippen LogP contribution >= 0.6 is 0 Å². The van der Waals surface area contributed by atoms with Crippen LogP contribution in [0.5, 0.6) is 0 Å². The Morgan fingerprint density at radius 2 is 1.96 bits per heavy atom. The van der Waals surface area contributed by atoms with E-state index >= 15 is 0 Å². The smallest absolute Gasteiger partial charge is 0.141 e. The van der Waals surface area contributed by atoms with Crippen LogP contribution in [-0.4, -0.2) is 26.6 Å². The van der Waals surface area contributed by atoms with Gasteiger partial charge >= 0.3 is 0 Å². The molecule has 0 spiro atoms. The number of rotatable bonds is 5. The summed E-state index contributed by atoms with van der Waals surface area (Å²) in [6.07, 6.45) is 10.2. The summed E-state index contributed by atoms with van der Waals surface area (Å²) in [5.41, 5.74) is 2.96. The number of imidazole rings is 1. The van der Waals surface area contributed by atoms with Gasteiger partial charge in [-0.3, -0.25) is 9.78 Å². The monoisotopic (exact) mass is 361 g/mol. The van der Waals surface area contributed by atoms with Crippen LogP contribution in [-0.2, 0) is 23.1 Å². The van der Waals surface area contributed by atoms with Gasteiger partial charge in [-0.05, 0) is 43.2 Å². The number of aryl methyl sites for hydroxylation is 1. The second kappa shape index (κ2) is 7.43. The number of carbonyl (C=O) groups excluding carboxylic acids is 2. The molecule has 27 heavy (non-hydrogen) atoms. The summed E-state index contributed by atoms with van der Waals surface area (Å²) in [6, 6.07) is 8.26. The normalized spacial score (nSPS) is 19.9. The molecule has 1 aliphatic rings. The van der Waals surface area contributed by atoms with Crippen molar-refractivity contribution in [2.24, 2.45) is 18.9 Å². The lowest BCUT2D eigenvalue weighted by molar-refractivity contribution is -0.124. The lowest BCUT2D eigenvalue weighted by atomic mass is 9.80. The zero-order valence-corrected chi connectivity index (χ0v) is 15.5. The van der Waals surface area contributed by atoms with Crippen LogP contribution in [0, 0.1) is 11.8 Å². The highest BCUT2D eigenvalue weighted by Gasteiger charge is 2.26. The molecule has 2 heterocycles. The first-order chi connectivity index (χ1) is 13.1. The van der Waals surface area contributed by atoms with E-state index in [1.54, 1.807) is 6.33 Å². The van der Waals surface area contributed by atoms with Gasteiger partial charge in [-0.2, -0.15) is 0 Å². The zero-order chi connectivity index (χ0) is 18.8. The predicted molar refractivity (Wildman–Crippen MR) is 104 cm³/mol. The van der Waals surface area contributed by atoms with E-state index in [0.717, 1.165) is 59.7 Å². The van der Waals surface area contributed by atoms with E-state index in [9.17, 15) is 9.59 Å². The number of fused-ring (bicyclic) bond motifs is 1. The standard InChI is InChI=1S/C22H23N3O2/c1-25-14-23-12-21(25)17-6-7-18-11-24-20(9-19(18)8-17)10-22(27)16-4-2-15(13-26)3-5-16/h6-9,11-16H,2-5,10H2,1H3. The van der Waals surface area contributed by atoms with Crippen molar-refractivity contribution in [3.8, 4) is 11.3 Å². The van der Waals surface area contributed by atoms with Crippen molar-refractivity contribution in [1.29, 1.82) is 0 Å². The van der Waals surface area contributed by atoms with E-state index < -0.39 is 0 Å². The van der Waals surface area contributed by atoms with Gasteiger partial charge in [-0.1, -0.05) is 12.1 Å². The van der Waals surface area contributed by atoms with Gasteiger partial charge in [0.15, 0.2) is 0 Å². The molecule has 5 nitrogen and oxygen atoms in total. The first-order valence-electron chi connectivity index (χ1n) is 9.47. The Bertz CT molecular complexity index is 984. The molecule has 138 valence electrons. The van der Waals surface area contributed by atoms with E-state index in [0.29, 0.717) is 6.42 Å². The molecule has 0 N–H and O–H groups in total. The fourth-order valence-electron chi connectivity index (χ4n) is 3.98. The summed E-state index contributed by atoms with van der Waals surface area (Å²) in [5, 5.41) is 2.14. The highest BCUT2D eigenvalue weighted by molar-refractivity contribution is 5.88. The van der Waals surface area contributed by atoms with Crippen molar-refractivity contribution in [1.82, 2.24) is 14.5 Å². The fraction of sp³-hybridized carbons (Fsp3) is 0.364. The molecule has 4 rings (SSSR count). The minimum atomic E-state index is 0.0690. The molecule has 1 aromatic carbocycles. The molecule has 1 fully saturated rings. The number of aromatic nitrogens is 3. The largest absolute Gasteiger partial charge is 0.334 e. The number of nitrogens with zero attached hydrogens (tertiary/aromatic N) is 3. The van der Waals surface area contributed by atoms with Gasteiger partial charge in [0.1, 0.15) is 12.1 Å². The zero-order valence-electron chi connectivity index (χ0n) is 15.5. The Morgan fingerprint density at radius 1 is 1.15 bits per heavy atom. The van der Waals surface area contributed by atoms with E-state index in [-0.39, 0.29) is 17.6 Å². The van der Waals surface area contributed by atoms with Crippen LogP contribution in [0.2, 0.25) is 0 Å². The highest BCUT2D eigenvalue weighted by Crippen LogP contribution is 2.29. The Morgan fingerprint density at radius 3 is 2.67 bits per heavy atom. The number of hydrogen-bond donors (Lipinski definition) is 0. The van der Waals surface area contributed by atoms with Gasteiger partial charge in [-0.25, -0.2) is 4.98 Å². The highest BCUT2D eigenvalue weighted by atomic mass is 16.1. The van der Waals surface area contributed by atoms with Gasteiger partial charge in [0, 0.05) is 48.1 Å². The van der Waals surface area contributed by atoms with E-state index in [2.05, 4.69) is 28.2 Å². The third-order valence-electron chi connectivity index (χ3n) is 5.67. The van der Waals surface area contributed by atoms with Gasteiger partial charge in [-0.15, -0.1) is 0 Å². The maximum Gasteiger partial charge on any atom is 0.141 e. The number of pyridine rings is 1. The summed E-state index contributed by atoms with van der Waals surface area (Å²) in [4.78, 5) is 32.2. The van der Waals surface area contributed by atoms with Crippen molar-refractivity contribution < 1.29 is 9.59 Å². The second-order valence-electron chi connectivity index (χ2n) is 7.52. The molecule has 0 amide bonds. The molecule has 0 atom stereocenters. The first-order valence-corrected chi connectivity index (χ1v) is 9.47. The van der Waals surface area contributed by atoms with Gasteiger partial charge < -0.3 is 9.36 Å². The lowest BCUT2D eigenvalue weighted by Crippen LogP contribution is -2.24. The number of hydrogen-bond acceptors (Lipinski definition) is 4. The molecule has 0 aliphatic heterocycles. The van der Waals surface area contributed by atoms with Crippen LogP contribution in [0.4, 0.5) is 0 Å². The van der Waals surface area contributed by atoms with Crippen LogP contribution in [0.15, 0.2) is 43.0 Å². The molecular weight excluding hydrogens is 338 g/mol. The Balaban J connectivity index is 1.53. The summed E-state index contributed by atoms with van der Waals surface area (Å²) in [5.74, 6) is 0.451. The van der Waals surface area contributed by atoms with E-state index in [1.165, 1.54) is 0 Å². The number of carbonyl (C=O) groups is 2. The molecule has 0 unspecified atom stereocenters. The molecule has 1 aliphatic carbocycles. The average Bonchev–Trinajstić information content (AvgIpc) is 3.13. The molecule has 2 aromatic heterocycles. The number of Topliss-reactive ketones (excluding diaryl/α,β-unsaturated/α-hetero) is 1. The minimum absolute atomic E-state index is 0.0690. The number of ketones is 1. The third-order valence-corrected chi connectivity index (χ3v) is 5.67. The lowest BCUT2D eigenvalue weighted by Gasteiger charge is -2.24. The van der Waals surface area contributed by atoms with Crippen molar-refractivity contribution in [3.05, 3.63) is 48.7 Å². The van der Waals surface area contributed by atoms with Crippen molar-refractivity contribution in [3.63, 3.8) is 0 Å². The first kappa shape index (κ1) is 17.6. The van der Waals surface area contributed by atoms with Crippen molar-refractivity contribution in [2.45, 2.75) is 32.1 Å². The predicted octanol–water partition coefficient (Wildman–Crippen LogP) is 3.75. The average molecular weight is 361 g/mol. The topological polar surface area (TPSA) is 64.8 Å². The Kier molecular flexibility index (Phi) is 4.84. The molecule has 5 heteroatoms. The van der Waals surface area contributed by atoms with Gasteiger partial charge in [0.25, 0.3) is 0 Å². The van der Waals surface area contributed by atoms with Gasteiger partial charge in [0.05, 0.1) is 18.2 Å². The molecule has 3 aromatic rings. The quantitative estimate of drug-likeness (QED) is 0.649. The Labute approximate surface area is 158 Å². The third kappa shape index (κ3) is 3.68. The summed E-state index contributed by atoms with van der Waals surface area (Å²) < 4.78 is 1.99. The number of benzene rings is 1. The van der Waals surface area contributed by atoms with Gasteiger partial charge in [0.2, 0.25) is 0 Å². The number of aldehydes is 1. The summed E-state index contributed by atoms with van der Waals surface area (Å²) >= 11 is 0. The molecular formula is C22H23N3O2. The minimum Gasteiger partial charge on any atom is -0.334 e. The SMILES string of the molecule is Cn1cncc1-c1ccc2cnc(CC(=O)C3CCC(C=O)CC3)cc2c1. The maximum absolute atomic E-state index is 12.7. The van der Waals surface area contributed by atoms with E-state index in [4.69, 9.17) is 0 Å². The fourth-order valence-corrected chi connectivity index (χ4v) is 3.98. The maximum atomic E-state index is 12.7. The van der Waals surface area contributed by atoms with Crippen LogP contribution in [0.1, 0.15) is 31.4 Å². The van der Waals surface area contributed by atoms with E-state index in [1.807, 2.05) is 30.1 Å².